The van der Waals surface area contributed by atoms with Crippen LogP contribution in [0.15, 0.2) is 24.4 Å². The molecule has 0 spiro atoms. The maximum atomic E-state index is 5.86. The van der Waals surface area contributed by atoms with E-state index in [9.17, 15) is 0 Å². The topological polar surface area (TPSA) is 34.1 Å². The number of hydrogen-bond acceptors (Lipinski definition) is 3. The van der Waals surface area contributed by atoms with Crippen molar-refractivity contribution >= 4 is 12.4 Å². The van der Waals surface area contributed by atoms with Crippen LogP contribution >= 0.6 is 12.4 Å². The molecule has 1 N–H and O–H groups in total. The van der Waals surface area contributed by atoms with E-state index in [1.165, 1.54) is 12.8 Å². The van der Waals surface area contributed by atoms with Crippen LogP contribution in [0, 0.1) is 5.92 Å². The van der Waals surface area contributed by atoms with Gasteiger partial charge in [0.25, 0.3) is 0 Å². The second-order valence-electron chi connectivity index (χ2n) is 4.44. The van der Waals surface area contributed by atoms with Crippen molar-refractivity contribution < 1.29 is 4.74 Å². The molecule has 1 aliphatic rings. The Balaban J connectivity index is 0.00000144. The molecular formula is C13H21ClN2O. The summed E-state index contributed by atoms with van der Waals surface area (Å²) in [6, 6.07) is 5.95. The van der Waals surface area contributed by atoms with Crippen molar-refractivity contribution in [3.63, 3.8) is 0 Å². The van der Waals surface area contributed by atoms with Crippen molar-refractivity contribution in [3.8, 4) is 0 Å². The number of pyridine rings is 1. The molecule has 1 fully saturated rings. The van der Waals surface area contributed by atoms with E-state index >= 15 is 0 Å². The van der Waals surface area contributed by atoms with Gasteiger partial charge in [-0.25, -0.2) is 0 Å². The summed E-state index contributed by atoms with van der Waals surface area (Å²) in [6.45, 7) is 5.16. The van der Waals surface area contributed by atoms with E-state index in [1.807, 2.05) is 24.4 Å². The van der Waals surface area contributed by atoms with Crippen molar-refractivity contribution in [1.82, 2.24) is 10.3 Å². The van der Waals surface area contributed by atoms with Crippen LogP contribution in [0.25, 0.3) is 0 Å². The number of ether oxygens (including phenoxy) is 1. The third-order valence-electron chi connectivity index (χ3n) is 3.09. The first-order valence-electron chi connectivity index (χ1n) is 6.09. The predicted molar refractivity (Wildman–Crippen MR) is 71.4 cm³/mol. The highest BCUT2D eigenvalue weighted by atomic mass is 35.5. The average molecular weight is 257 g/mol. The Morgan fingerprint density at radius 1 is 1.53 bits per heavy atom. The second kappa shape index (κ2) is 7.64. The van der Waals surface area contributed by atoms with Gasteiger partial charge in [0.05, 0.1) is 18.4 Å². The van der Waals surface area contributed by atoms with Crippen LogP contribution in [0.3, 0.4) is 0 Å². The molecule has 0 radical (unpaired) electrons. The Morgan fingerprint density at radius 2 is 2.41 bits per heavy atom. The van der Waals surface area contributed by atoms with Gasteiger partial charge in [0.2, 0.25) is 0 Å². The van der Waals surface area contributed by atoms with Gasteiger partial charge in [-0.15, -0.1) is 12.4 Å². The zero-order valence-corrected chi connectivity index (χ0v) is 11.1. The van der Waals surface area contributed by atoms with Crippen molar-refractivity contribution in [2.45, 2.75) is 25.9 Å². The normalized spacial score (nSPS) is 21.6. The molecule has 0 bridgehead atoms. The van der Waals surface area contributed by atoms with Crippen LogP contribution in [-0.2, 0) is 4.74 Å². The molecule has 2 heterocycles. The highest BCUT2D eigenvalue weighted by Gasteiger charge is 2.15. The summed E-state index contributed by atoms with van der Waals surface area (Å²) >= 11 is 0. The third-order valence-corrected chi connectivity index (χ3v) is 3.09. The van der Waals surface area contributed by atoms with Gasteiger partial charge in [-0.05, 0) is 44.4 Å². The van der Waals surface area contributed by atoms with E-state index in [4.69, 9.17) is 4.74 Å². The summed E-state index contributed by atoms with van der Waals surface area (Å²) in [4.78, 5) is 4.30. The fraction of sp³-hybridized carbons (Fsp3) is 0.615. The molecular weight excluding hydrogens is 236 g/mol. The van der Waals surface area contributed by atoms with Gasteiger partial charge < -0.3 is 10.1 Å². The minimum absolute atomic E-state index is 0. The van der Waals surface area contributed by atoms with E-state index in [2.05, 4.69) is 17.2 Å². The van der Waals surface area contributed by atoms with Crippen LogP contribution in [-0.4, -0.2) is 24.7 Å². The molecule has 3 nitrogen and oxygen atoms in total. The molecule has 1 aromatic heterocycles. The lowest BCUT2D eigenvalue weighted by molar-refractivity contribution is 0.0312. The van der Waals surface area contributed by atoms with Gasteiger partial charge in [0.1, 0.15) is 0 Å². The maximum absolute atomic E-state index is 5.86. The first-order chi connectivity index (χ1) is 7.86. The van der Waals surface area contributed by atoms with E-state index in [1.54, 1.807) is 0 Å². The first-order valence-corrected chi connectivity index (χ1v) is 6.09. The number of nitrogens with one attached hydrogen (secondary N) is 1. The maximum Gasteiger partial charge on any atom is 0.0966 e. The Bertz CT molecular complexity index is 302. The molecule has 4 heteroatoms. The van der Waals surface area contributed by atoms with E-state index in [0.29, 0.717) is 5.92 Å². The molecule has 0 aliphatic carbocycles. The number of aromatic nitrogens is 1. The molecule has 1 aromatic rings. The summed E-state index contributed by atoms with van der Waals surface area (Å²) in [5.74, 6) is 0.667. The van der Waals surface area contributed by atoms with Crippen molar-refractivity contribution in [2.75, 3.05) is 19.7 Å². The van der Waals surface area contributed by atoms with E-state index < -0.39 is 0 Å². The molecule has 2 unspecified atom stereocenters. The van der Waals surface area contributed by atoms with Gasteiger partial charge in [-0.3, -0.25) is 4.98 Å². The highest BCUT2D eigenvalue weighted by Crippen LogP contribution is 2.17. The fourth-order valence-corrected chi connectivity index (χ4v) is 2.05. The van der Waals surface area contributed by atoms with Crippen molar-refractivity contribution in [1.29, 1.82) is 0 Å². The van der Waals surface area contributed by atoms with Crippen molar-refractivity contribution in [2.24, 2.45) is 5.92 Å². The smallest absolute Gasteiger partial charge is 0.0966 e. The molecule has 1 aliphatic heterocycles. The second-order valence-corrected chi connectivity index (χ2v) is 4.44. The Hall–Kier alpha value is -0.640. The quantitative estimate of drug-likeness (QED) is 0.899. The molecule has 0 aromatic carbocycles. The summed E-state index contributed by atoms with van der Waals surface area (Å²) in [5, 5.41) is 3.40. The van der Waals surface area contributed by atoms with E-state index in [-0.39, 0.29) is 18.5 Å². The van der Waals surface area contributed by atoms with Gasteiger partial charge in [-0.1, -0.05) is 6.07 Å². The van der Waals surface area contributed by atoms with Gasteiger partial charge in [0.15, 0.2) is 0 Å². The Morgan fingerprint density at radius 3 is 3.06 bits per heavy atom. The molecule has 17 heavy (non-hydrogen) atoms. The lowest BCUT2D eigenvalue weighted by Gasteiger charge is -2.24. The number of rotatable bonds is 4. The van der Waals surface area contributed by atoms with Crippen LogP contribution in [0.2, 0.25) is 0 Å². The minimum atomic E-state index is 0. The Kier molecular flexibility index (Phi) is 6.48. The zero-order valence-electron chi connectivity index (χ0n) is 10.3. The molecule has 2 atom stereocenters. The van der Waals surface area contributed by atoms with Gasteiger partial charge in [0, 0.05) is 12.7 Å². The molecule has 96 valence electrons. The van der Waals surface area contributed by atoms with E-state index in [0.717, 1.165) is 25.4 Å². The number of halogens is 1. The summed E-state index contributed by atoms with van der Waals surface area (Å²) in [7, 11) is 0. The molecule has 0 amide bonds. The van der Waals surface area contributed by atoms with Crippen molar-refractivity contribution in [3.05, 3.63) is 30.1 Å². The monoisotopic (exact) mass is 256 g/mol. The number of piperidine rings is 1. The molecule has 1 saturated heterocycles. The minimum Gasteiger partial charge on any atom is -0.372 e. The lowest BCUT2D eigenvalue weighted by Crippen LogP contribution is -2.32. The average Bonchev–Trinajstić information content (AvgIpc) is 2.38. The third kappa shape index (κ3) is 4.62. The standard InChI is InChI=1S/C13H20N2O.ClH/c1-11(13-6-2-3-8-15-13)16-10-12-5-4-7-14-9-12;/h2-3,6,8,11-12,14H,4-5,7,9-10H2,1H3;1H. The van der Waals surface area contributed by atoms with Crippen LogP contribution in [0.1, 0.15) is 31.6 Å². The predicted octanol–water partition coefficient (Wildman–Crippen LogP) is 2.58. The fourth-order valence-electron chi connectivity index (χ4n) is 2.05. The summed E-state index contributed by atoms with van der Waals surface area (Å²) < 4.78 is 5.86. The van der Waals surface area contributed by atoms with Crippen LogP contribution in [0.4, 0.5) is 0 Å². The SMILES string of the molecule is CC(OCC1CCCNC1)c1ccccn1.Cl. The largest absolute Gasteiger partial charge is 0.372 e. The van der Waals surface area contributed by atoms with Crippen LogP contribution < -0.4 is 5.32 Å². The van der Waals surface area contributed by atoms with Gasteiger partial charge in [-0.2, -0.15) is 0 Å². The summed E-state index contributed by atoms with van der Waals surface area (Å²) in [6.07, 6.45) is 4.47. The summed E-state index contributed by atoms with van der Waals surface area (Å²) in [5.41, 5.74) is 1.02. The molecule has 2 rings (SSSR count). The lowest BCUT2D eigenvalue weighted by atomic mass is 10.0. The first kappa shape index (κ1) is 14.4. The van der Waals surface area contributed by atoms with Crippen LogP contribution in [0.5, 0.6) is 0 Å². The molecule has 0 saturated carbocycles. The van der Waals surface area contributed by atoms with Gasteiger partial charge >= 0.3 is 0 Å². The number of nitrogens with zero attached hydrogens (tertiary/aromatic N) is 1. The Labute approximate surface area is 109 Å². The highest BCUT2D eigenvalue weighted by molar-refractivity contribution is 5.85. The number of hydrogen-bond donors (Lipinski definition) is 1. The zero-order chi connectivity index (χ0) is 11.2.